The Kier molecular flexibility index (Phi) is 50.7. The van der Waals surface area contributed by atoms with Crippen LogP contribution in [0.15, 0.2) is 0 Å². The van der Waals surface area contributed by atoms with Gasteiger partial charge in [0.25, 0.3) is 5.24 Å². The molecule has 0 aromatic carbocycles. The van der Waals surface area contributed by atoms with Crippen molar-refractivity contribution in [3.8, 4) is 0 Å². The van der Waals surface area contributed by atoms with E-state index < -0.39 is 167 Å². The van der Waals surface area contributed by atoms with Crippen LogP contribution in [0.1, 0.15) is 194 Å². The first-order valence-corrected chi connectivity index (χ1v) is 41.1. The van der Waals surface area contributed by atoms with Crippen LogP contribution < -0.4 is 43.0 Å². The molecule has 19 N–H and O–H groups in total. The minimum Gasteiger partial charge on any atom is -0.394 e. The van der Waals surface area contributed by atoms with Crippen LogP contribution in [0.4, 0.5) is 4.79 Å². The van der Waals surface area contributed by atoms with Gasteiger partial charge in [-0.25, -0.2) is 4.57 Å². The highest BCUT2D eigenvalue weighted by Gasteiger charge is 2.47. The van der Waals surface area contributed by atoms with Crippen molar-refractivity contribution in [2.45, 2.75) is 286 Å². The Balaban J connectivity index is 1.65. The largest absolute Gasteiger partial charge is 0.471 e. The standard InChI is InChI=1S/C71H127N8O29PS/c1-44-60(90)61(91)52(41-80)106-68(44)102-34-19-11-27-57(89)75-32-17-10-26-50(51(86)40-47(66(72)96)23-8-15-30-73-55(87)28-12-20-35-103-69-58(77-45(2)83)64(94)62(92)53(42-81)107-69)79-67(97)48(39-49(85)25-7-5-14-33-76-71(98)110-38-22-6-18-37-105-109(99,100)101-4)24-9-16-31-74-56(88)29-13-21-36-104-70-59(78-46(3)84)65(95)63(93)54(43-82)108-70/h44,47-48,50,52-54,58-65,68-70,80-82,90-95H,5-43H2,1-4H3,(H2,72,96)(H,73,87)(H,74,88)(H,75,89)(H,76,98)(H,77,83)(H,78,84)(H,79,97)(H,99,100)/t44-,47-,48-,50+,52-,53-,54-,58-,59-,60-,61+,62+,63+,64-,65-,68-,69-,70-/m1/s1. The second-order valence-corrected chi connectivity index (χ2v) is 30.8. The Hall–Kier alpha value is -5.04. The molecule has 0 aromatic heterocycles. The molecule has 19 atom stereocenters. The number of hydrogen-bond acceptors (Lipinski definition) is 29. The Bertz CT molecular complexity index is 2780. The molecule has 0 aliphatic carbocycles. The number of ether oxygens (including phenoxy) is 6. The van der Waals surface area contributed by atoms with Crippen LogP contribution >= 0.6 is 19.6 Å². The van der Waals surface area contributed by atoms with Crippen molar-refractivity contribution in [2.24, 2.45) is 23.5 Å². The molecular weight excluding hydrogens is 1490 g/mol. The van der Waals surface area contributed by atoms with Crippen LogP contribution in [0.2, 0.25) is 0 Å². The molecule has 0 spiro atoms. The van der Waals surface area contributed by atoms with E-state index in [0.29, 0.717) is 128 Å². The van der Waals surface area contributed by atoms with Crippen LogP contribution in [0.5, 0.6) is 0 Å². The number of carbonyl (C=O) groups excluding carboxylic acids is 10. The molecule has 1 unspecified atom stereocenters. The van der Waals surface area contributed by atoms with Gasteiger partial charge in [-0.05, 0) is 109 Å². The van der Waals surface area contributed by atoms with Gasteiger partial charge in [-0.3, -0.25) is 57.0 Å². The third kappa shape index (κ3) is 39.8. The number of ketones is 2. The summed E-state index contributed by atoms with van der Waals surface area (Å²) in [4.78, 5) is 140. The van der Waals surface area contributed by atoms with E-state index in [0.717, 1.165) is 18.9 Å². The number of amides is 8. The number of hydrogen-bond donors (Lipinski definition) is 18. The summed E-state index contributed by atoms with van der Waals surface area (Å²) in [7, 11) is -2.98. The maximum atomic E-state index is 14.6. The number of nitrogens with one attached hydrogen (secondary N) is 7. The number of phosphoric acid groups is 1. The molecule has 0 saturated carbocycles. The average Bonchev–Trinajstić information content (AvgIpc) is 0.822. The fraction of sp³-hybridized carbons (Fsp3) is 0.859. The number of aliphatic hydroxyl groups is 9. The van der Waals surface area contributed by atoms with Gasteiger partial charge in [0.2, 0.25) is 41.4 Å². The molecule has 110 heavy (non-hydrogen) atoms. The molecule has 3 aliphatic heterocycles. The van der Waals surface area contributed by atoms with Crippen molar-refractivity contribution in [1.82, 2.24) is 37.2 Å². The number of carbonyl (C=O) groups is 10. The first-order chi connectivity index (χ1) is 52.5. The zero-order chi connectivity index (χ0) is 81.6. The van der Waals surface area contributed by atoms with Gasteiger partial charge in [0.15, 0.2) is 24.7 Å². The summed E-state index contributed by atoms with van der Waals surface area (Å²) in [6.07, 6.45) is -6.66. The quantitative estimate of drug-likeness (QED) is 0.0268. The van der Waals surface area contributed by atoms with Crippen LogP contribution in [-0.4, -0.2) is 286 Å². The highest BCUT2D eigenvalue weighted by molar-refractivity contribution is 8.13. The second kappa shape index (κ2) is 56.3. The predicted molar refractivity (Wildman–Crippen MR) is 396 cm³/mol. The maximum Gasteiger partial charge on any atom is 0.471 e. The first-order valence-electron chi connectivity index (χ1n) is 38.6. The van der Waals surface area contributed by atoms with Crippen LogP contribution in [0, 0.1) is 17.8 Å². The van der Waals surface area contributed by atoms with E-state index in [-0.39, 0.29) is 133 Å². The number of phosphoric ester groups is 1. The molecule has 8 amide bonds. The van der Waals surface area contributed by atoms with E-state index in [2.05, 4.69) is 41.7 Å². The fourth-order valence-electron chi connectivity index (χ4n) is 12.5. The van der Waals surface area contributed by atoms with Crippen LogP contribution in [0.25, 0.3) is 0 Å². The van der Waals surface area contributed by atoms with Crippen molar-refractivity contribution >= 4 is 77.7 Å². The average molecular weight is 1620 g/mol. The maximum absolute atomic E-state index is 14.6. The van der Waals surface area contributed by atoms with Crippen molar-refractivity contribution in [1.29, 1.82) is 0 Å². The summed E-state index contributed by atoms with van der Waals surface area (Å²) in [5.74, 6) is -5.88. The summed E-state index contributed by atoms with van der Waals surface area (Å²) in [5, 5.41) is 110. The lowest BCUT2D eigenvalue weighted by Gasteiger charge is -2.42. The topological polar surface area (TPSA) is 574 Å². The minimum atomic E-state index is -4.05. The Labute approximate surface area is 648 Å². The van der Waals surface area contributed by atoms with E-state index >= 15 is 0 Å². The summed E-state index contributed by atoms with van der Waals surface area (Å²) in [5.41, 5.74) is 5.89. The van der Waals surface area contributed by atoms with Gasteiger partial charge in [0, 0.05) is 129 Å². The van der Waals surface area contributed by atoms with E-state index in [1.807, 2.05) is 0 Å². The number of aliphatic hydroxyl groups excluding tert-OH is 9. The number of Topliss-reactive ketones (excluding diaryl/α,β-unsaturated/α-hetero) is 2. The van der Waals surface area contributed by atoms with Crippen molar-refractivity contribution in [3.63, 3.8) is 0 Å². The fourth-order valence-corrected chi connectivity index (χ4v) is 13.7. The molecule has 0 aromatic rings. The molecule has 3 saturated heterocycles. The van der Waals surface area contributed by atoms with Crippen molar-refractivity contribution < 1.29 is 141 Å². The monoisotopic (exact) mass is 1620 g/mol. The number of primary amides is 1. The van der Waals surface area contributed by atoms with Crippen LogP contribution in [0.3, 0.4) is 0 Å². The van der Waals surface area contributed by atoms with Crippen molar-refractivity contribution in [3.05, 3.63) is 0 Å². The molecule has 3 aliphatic rings. The number of thioether (sulfide) groups is 1. The SMILES string of the molecule is COP(=O)(O)OCCCCCSC(=O)NCCCCCC(=O)C[C@@H](CCCCNC(=O)CCCCO[C@@H]1O[C@H](CO)[C@H](O)[C@H](O)[C@H]1NC(C)=O)C(=O)N[C@@H](CCCCNC(=O)CCCCO[C@@H]1O[C@H](CO)[C@H](O)[C@H](O)[C@H]1C)C(=O)C[C@@H](CCCCNC(=O)CCCCO[C@@H]1O[C@H](CO)[C@H](O)[C@H](O)[C@H]1NC(C)=O)C(N)=O. The summed E-state index contributed by atoms with van der Waals surface area (Å²) in [6, 6.07) is -3.40. The Morgan fingerprint density at radius 1 is 0.482 bits per heavy atom. The molecule has 0 radical (unpaired) electrons. The van der Waals surface area contributed by atoms with Gasteiger partial charge in [-0.1, -0.05) is 44.4 Å². The van der Waals surface area contributed by atoms with E-state index in [9.17, 15) is 103 Å². The zero-order valence-electron chi connectivity index (χ0n) is 64.1. The van der Waals surface area contributed by atoms with Gasteiger partial charge >= 0.3 is 7.82 Å². The lowest BCUT2D eigenvalue weighted by Crippen LogP contribution is -2.64. The van der Waals surface area contributed by atoms with Gasteiger partial charge in [0.05, 0.1) is 38.6 Å². The van der Waals surface area contributed by atoms with Gasteiger partial charge in [-0.2, -0.15) is 0 Å². The molecule has 39 heteroatoms. The highest BCUT2D eigenvalue weighted by Crippen LogP contribution is 2.42. The predicted octanol–water partition coefficient (Wildman–Crippen LogP) is -0.573. The van der Waals surface area contributed by atoms with Crippen molar-refractivity contribution in [2.75, 3.05) is 85.3 Å². The lowest BCUT2D eigenvalue weighted by molar-refractivity contribution is -0.282. The van der Waals surface area contributed by atoms with E-state index in [4.69, 9.17) is 38.7 Å². The molecular formula is C71H127N8O29PS. The Morgan fingerprint density at radius 2 is 0.891 bits per heavy atom. The molecule has 3 rings (SSSR count). The number of nitrogens with two attached hydrogens (primary N) is 1. The first kappa shape index (κ1) is 99.2. The van der Waals surface area contributed by atoms with Gasteiger partial charge in [-0.15, -0.1) is 0 Å². The minimum absolute atomic E-state index is 0.0328. The normalized spacial score (nSPS) is 25.4. The molecule has 0 bridgehead atoms. The molecule has 3 heterocycles. The lowest BCUT2D eigenvalue weighted by atomic mass is 9.90. The second-order valence-electron chi connectivity index (χ2n) is 28.1. The number of rotatable bonds is 60. The summed E-state index contributed by atoms with van der Waals surface area (Å²) in [6.45, 7) is 3.64. The highest BCUT2D eigenvalue weighted by atomic mass is 32.2. The molecule has 636 valence electrons. The van der Waals surface area contributed by atoms with Gasteiger partial charge in [0.1, 0.15) is 66.7 Å². The third-order valence-electron chi connectivity index (χ3n) is 19.1. The Morgan fingerprint density at radius 3 is 1.35 bits per heavy atom. The van der Waals surface area contributed by atoms with E-state index in [1.54, 1.807) is 6.92 Å². The number of unbranched alkanes of at least 4 members (excludes halogenated alkanes) is 10. The third-order valence-corrected chi connectivity index (χ3v) is 21.0. The molecule has 3 fully saturated rings. The van der Waals surface area contributed by atoms with Crippen LogP contribution in [-0.2, 0) is 85.2 Å². The molecule has 37 nitrogen and oxygen atoms in total. The van der Waals surface area contributed by atoms with Gasteiger partial charge < -0.3 is 122 Å². The zero-order valence-corrected chi connectivity index (χ0v) is 65.8. The summed E-state index contributed by atoms with van der Waals surface area (Å²) < 4.78 is 54.6. The van der Waals surface area contributed by atoms with E-state index in [1.165, 1.54) is 13.8 Å². The smallest absolute Gasteiger partial charge is 0.394 e. The summed E-state index contributed by atoms with van der Waals surface area (Å²) >= 11 is 1.10.